The zero-order valence-electron chi connectivity index (χ0n) is 9.58. The minimum absolute atomic E-state index is 0.0645. The quantitative estimate of drug-likeness (QED) is 0.616. The molecule has 0 radical (unpaired) electrons. The van der Waals surface area contributed by atoms with Crippen LogP contribution < -0.4 is 5.32 Å². The summed E-state index contributed by atoms with van der Waals surface area (Å²) in [5, 5.41) is 30.9. The molecule has 1 atom stereocenters. The molecule has 2 N–H and O–H groups in total. The third-order valence-corrected chi connectivity index (χ3v) is 2.21. The van der Waals surface area contributed by atoms with Gasteiger partial charge in [-0.05, 0) is 13.0 Å². The summed E-state index contributed by atoms with van der Waals surface area (Å²) in [6, 6.07) is 4.74. The largest absolute Gasteiger partial charge is 0.507 e. The number of amides is 1. The van der Waals surface area contributed by atoms with Crippen molar-refractivity contribution in [2.75, 3.05) is 0 Å². The van der Waals surface area contributed by atoms with Crippen LogP contribution in [0.5, 0.6) is 5.75 Å². The van der Waals surface area contributed by atoms with E-state index in [4.69, 9.17) is 5.26 Å². The van der Waals surface area contributed by atoms with Crippen molar-refractivity contribution in [3.63, 3.8) is 0 Å². The smallest absolute Gasteiger partial charge is 0.273 e. The second-order valence-corrected chi connectivity index (χ2v) is 3.70. The lowest BCUT2D eigenvalue weighted by atomic mass is 10.1. The summed E-state index contributed by atoms with van der Waals surface area (Å²) in [6.07, 6.45) is 0.138. The van der Waals surface area contributed by atoms with E-state index in [0.29, 0.717) is 0 Å². The van der Waals surface area contributed by atoms with E-state index in [1.54, 1.807) is 6.92 Å². The van der Waals surface area contributed by atoms with Crippen molar-refractivity contribution in [1.82, 2.24) is 5.32 Å². The maximum Gasteiger partial charge on any atom is 0.273 e. The number of nitriles is 1. The van der Waals surface area contributed by atoms with E-state index in [2.05, 4.69) is 5.32 Å². The molecule has 0 aromatic heterocycles. The van der Waals surface area contributed by atoms with E-state index < -0.39 is 16.6 Å². The van der Waals surface area contributed by atoms with Gasteiger partial charge in [-0.2, -0.15) is 5.26 Å². The van der Waals surface area contributed by atoms with Crippen LogP contribution in [0.15, 0.2) is 18.2 Å². The maximum atomic E-state index is 11.7. The molecule has 0 saturated carbocycles. The third kappa shape index (κ3) is 3.18. The Balaban J connectivity index is 2.88. The minimum Gasteiger partial charge on any atom is -0.507 e. The van der Waals surface area contributed by atoms with Gasteiger partial charge >= 0.3 is 0 Å². The highest BCUT2D eigenvalue weighted by Gasteiger charge is 2.16. The molecule has 7 heteroatoms. The van der Waals surface area contributed by atoms with Gasteiger partial charge in [-0.1, -0.05) is 0 Å². The fourth-order valence-corrected chi connectivity index (χ4v) is 1.32. The average Bonchev–Trinajstić information content (AvgIpc) is 2.28. The molecule has 1 aromatic rings. The molecule has 0 saturated heterocycles. The van der Waals surface area contributed by atoms with Gasteiger partial charge in [0.15, 0.2) is 0 Å². The molecule has 1 amide bonds. The monoisotopic (exact) mass is 249 g/mol. The Bertz CT molecular complexity index is 522. The highest BCUT2D eigenvalue weighted by atomic mass is 16.6. The van der Waals surface area contributed by atoms with Crippen LogP contribution >= 0.6 is 0 Å². The fraction of sp³-hybridized carbons (Fsp3) is 0.273. The zero-order chi connectivity index (χ0) is 13.7. The molecule has 0 aliphatic carbocycles. The number of nitro benzene ring substituents is 1. The molecule has 1 rings (SSSR count). The molecule has 0 aliphatic rings. The first-order valence-corrected chi connectivity index (χ1v) is 5.11. The molecule has 94 valence electrons. The zero-order valence-corrected chi connectivity index (χ0v) is 9.58. The Hall–Kier alpha value is -2.62. The number of benzene rings is 1. The lowest BCUT2D eigenvalue weighted by molar-refractivity contribution is -0.384. The number of carbonyl (C=O) groups is 1. The van der Waals surface area contributed by atoms with E-state index in [1.165, 1.54) is 6.07 Å². The van der Waals surface area contributed by atoms with Crippen LogP contribution in [0.3, 0.4) is 0 Å². The first-order chi connectivity index (χ1) is 8.45. The molecular weight excluding hydrogens is 238 g/mol. The lowest BCUT2D eigenvalue weighted by Crippen LogP contribution is -2.32. The summed E-state index contributed by atoms with van der Waals surface area (Å²) in [6.45, 7) is 1.64. The normalized spacial score (nSPS) is 11.3. The van der Waals surface area contributed by atoms with Gasteiger partial charge in [0.25, 0.3) is 11.6 Å². The van der Waals surface area contributed by atoms with E-state index in [-0.39, 0.29) is 23.7 Å². The highest BCUT2D eigenvalue weighted by Crippen LogP contribution is 2.23. The minimum atomic E-state index is -0.667. The number of aromatic hydroxyl groups is 1. The van der Waals surface area contributed by atoms with Crippen molar-refractivity contribution in [2.45, 2.75) is 19.4 Å². The van der Waals surface area contributed by atoms with E-state index in [0.717, 1.165) is 12.1 Å². The molecule has 7 nitrogen and oxygen atoms in total. The summed E-state index contributed by atoms with van der Waals surface area (Å²) >= 11 is 0. The molecule has 0 bridgehead atoms. The molecule has 0 spiro atoms. The number of phenols is 1. The fourth-order valence-electron chi connectivity index (χ4n) is 1.32. The van der Waals surface area contributed by atoms with Crippen molar-refractivity contribution in [3.8, 4) is 11.8 Å². The predicted octanol–water partition coefficient (Wildman–Crippen LogP) is 1.33. The number of non-ortho nitro benzene ring substituents is 1. The Morgan fingerprint density at radius 2 is 2.33 bits per heavy atom. The van der Waals surface area contributed by atoms with Crippen LogP contribution in [0, 0.1) is 21.4 Å². The number of nitrogens with one attached hydrogen (secondary N) is 1. The van der Waals surface area contributed by atoms with Gasteiger partial charge in [-0.25, -0.2) is 0 Å². The maximum absolute atomic E-state index is 11.7. The van der Waals surface area contributed by atoms with Gasteiger partial charge in [0.1, 0.15) is 5.75 Å². The first kappa shape index (κ1) is 13.4. The number of nitro groups is 1. The summed E-state index contributed by atoms with van der Waals surface area (Å²) in [4.78, 5) is 21.5. The standard InChI is InChI=1S/C11H11N3O4/c1-7(4-5-12)13-11(16)9-3-2-8(14(17)18)6-10(9)15/h2-3,6-7,15H,4H2,1H3,(H,13,16)/t7-/m0/s1. The van der Waals surface area contributed by atoms with Crippen LogP contribution in [-0.2, 0) is 0 Å². The number of hydrogen-bond donors (Lipinski definition) is 2. The molecular formula is C11H11N3O4. The second kappa shape index (κ2) is 5.63. The summed E-state index contributed by atoms with van der Waals surface area (Å²) in [7, 11) is 0. The van der Waals surface area contributed by atoms with Crippen molar-refractivity contribution < 1.29 is 14.8 Å². The van der Waals surface area contributed by atoms with Gasteiger partial charge in [-0.15, -0.1) is 0 Å². The van der Waals surface area contributed by atoms with Crippen molar-refractivity contribution in [2.24, 2.45) is 0 Å². The molecule has 0 fully saturated rings. The predicted molar refractivity (Wildman–Crippen MR) is 61.9 cm³/mol. The van der Waals surface area contributed by atoms with E-state index >= 15 is 0 Å². The first-order valence-electron chi connectivity index (χ1n) is 5.11. The van der Waals surface area contributed by atoms with Gasteiger partial charge in [0, 0.05) is 12.1 Å². The lowest BCUT2D eigenvalue weighted by Gasteiger charge is -2.10. The van der Waals surface area contributed by atoms with E-state index in [1.807, 2.05) is 6.07 Å². The van der Waals surface area contributed by atoms with E-state index in [9.17, 15) is 20.0 Å². The molecule has 1 aromatic carbocycles. The van der Waals surface area contributed by atoms with Gasteiger partial charge < -0.3 is 10.4 Å². The Kier molecular flexibility index (Phi) is 4.21. The molecule has 0 unspecified atom stereocenters. The SMILES string of the molecule is C[C@@H](CC#N)NC(=O)c1ccc([N+](=O)[O-])cc1O. The van der Waals surface area contributed by atoms with Crippen LogP contribution in [0.25, 0.3) is 0 Å². The van der Waals surface area contributed by atoms with Crippen molar-refractivity contribution in [3.05, 3.63) is 33.9 Å². The number of phenolic OH excluding ortho intramolecular Hbond substituents is 1. The molecule has 0 aliphatic heterocycles. The highest BCUT2D eigenvalue weighted by molar-refractivity contribution is 5.97. The van der Waals surface area contributed by atoms with Crippen LogP contribution in [0.4, 0.5) is 5.69 Å². The third-order valence-electron chi connectivity index (χ3n) is 2.21. The average molecular weight is 249 g/mol. The van der Waals surface area contributed by atoms with Crippen molar-refractivity contribution in [1.29, 1.82) is 5.26 Å². The summed E-state index contributed by atoms with van der Waals surface area (Å²) < 4.78 is 0. The number of rotatable bonds is 4. The van der Waals surface area contributed by atoms with Gasteiger partial charge in [-0.3, -0.25) is 14.9 Å². The molecule has 0 heterocycles. The van der Waals surface area contributed by atoms with Crippen molar-refractivity contribution >= 4 is 11.6 Å². The van der Waals surface area contributed by atoms with Crippen LogP contribution in [-0.4, -0.2) is 22.0 Å². The number of nitrogens with zero attached hydrogens (tertiary/aromatic N) is 2. The topological polar surface area (TPSA) is 116 Å². The number of carbonyl (C=O) groups excluding carboxylic acids is 1. The van der Waals surface area contributed by atoms with Crippen LogP contribution in [0.2, 0.25) is 0 Å². The van der Waals surface area contributed by atoms with Crippen LogP contribution in [0.1, 0.15) is 23.7 Å². The van der Waals surface area contributed by atoms with Gasteiger partial charge in [0.2, 0.25) is 0 Å². The summed E-state index contributed by atoms with van der Waals surface area (Å²) in [5.74, 6) is -1.05. The van der Waals surface area contributed by atoms with Gasteiger partial charge in [0.05, 0.1) is 29.0 Å². The molecule has 18 heavy (non-hydrogen) atoms. The Labute approximate surface area is 103 Å². The Morgan fingerprint density at radius 1 is 1.67 bits per heavy atom. The Morgan fingerprint density at radius 3 is 2.83 bits per heavy atom. The summed E-state index contributed by atoms with van der Waals surface area (Å²) in [5.41, 5.74) is -0.362. The second-order valence-electron chi connectivity index (χ2n) is 3.70. The number of hydrogen-bond acceptors (Lipinski definition) is 5.